The minimum atomic E-state index is -0.931. The molecule has 0 heterocycles. The fourth-order valence-electron chi connectivity index (χ4n) is 1.38. The lowest BCUT2D eigenvalue weighted by Crippen LogP contribution is -2.13. The molecule has 0 radical (unpaired) electrons. The Kier molecular flexibility index (Phi) is 4.50. The SMILES string of the molecule is CCOC(=O)C(Cl)c1ccccc1C(C)=O. The smallest absolute Gasteiger partial charge is 0.328 e. The van der Waals surface area contributed by atoms with E-state index >= 15 is 0 Å². The standard InChI is InChI=1S/C12H13ClO3/c1-3-16-12(15)11(13)10-7-5-4-6-9(10)8(2)14/h4-7,11H,3H2,1-2H3. The number of halogens is 1. The number of esters is 1. The highest BCUT2D eigenvalue weighted by Crippen LogP contribution is 2.25. The van der Waals surface area contributed by atoms with E-state index in [0.717, 1.165) is 0 Å². The molecule has 0 saturated carbocycles. The summed E-state index contributed by atoms with van der Waals surface area (Å²) < 4.78 is 4.81. The van der Waals surface area contributed by atoms with Crippen LogP contribution in [-0.4, -0.2) is 18.4 Å². The van der Waals surface area contributed by atoms with E-state index in [4.69, 9.17) is 16.3 Å². The van der Waals surface area contributed by atoms with Gasteiger partial charge in [-0.3, -0.25) is 9.59 Å². The van der Waals surface area contributed by atoms with E-state index in [1.54, 1.807) is 31.2 Å². The molecule has 1 atom stereocenters. The maximum absolute atomic E-state index is 11.5. The van der Waals surface area contributed by atoms with Crippen molar-refractivity contribution in [3.05, 3.63) is 35.4 Å². The number of alkyl halides is 1. The first-order valence-electron chi connectivity index (χ1n) is 4.98. The predicted molar refractivity (Wildman–Crippen MR) is 61.7 cm³/mol. The van der Waals surface area contributed by atoms with Gasteiger partial charge in [0, 0.05) is 5.56 Å². The highest BCUT2D eigenvalue weighted by Gasteiger charge is 2.22. The van der Waals surface area contributed by atoms with Gasteiger partial charge in [-0.1, -0.05) is 24.3 Å². The molecular weight excluding hydrogens is 228 g/mol. The van der Waals surface area contributed by atoms with Gasteiger partial charge in [0.05, 0.1) is 6.61 Å². The van der Waals surface area contributed by atoms with E-state index < -0.39 is 11.3 Å². The van der Waals surface area contributed by atoms with Crippen molar-refractivity contribution in [1.29, 1.82) is 0 Å². The van der Waals surface area contributed by atoms with Crippen molar-refractivity contribution < 1.29 is 14.3 Å². The van der Waals surface area contributed by atoms with E-state index in [1.807, 2.05) is 0 Å². The molecule has 1 rings (SSSR count). The number of rotatable bonds is 4. The number of hydrogen-bond donors (Lipinski definition) is 0. The summed E-state index contributed by atoms with van der Waals surface area (Å²) in [6.45, 7) is 3.41. The van der Waals surface area contributed by atoms with Gasteiger partial charge in [0.25, 0.3) is 0 Å². The van der Waals surface area contributed by atoms with Crippen LogP contribution >= 0.6 is 11.6 Å². The largest absolute Gasteiger partial charge is 0.465 e. The quantitative estimate of drug-likeness (QED) is 0.462. The third-order valence-corrected chi connectivity index (χ3v) is 2.52. The van der Waals surface area contributed by atoms with Gasteiger partial charge in [0.1, 0.15) is 0 Å². The monoisotopic (exact) mass is 240 g/mol. The van der Waals surface area contributed by atoms with Crippen molar-refractivity contribution in [3.8, 4) is 0 Å². The molecule has 16 heavy (non-hydrogen) atoms. The number of carbonyl (C=O) groups is 2. The maximum atomic E-state index is 11.5. The zero-order chi connectivity index (χ0) is 12.1. The lowest BCUT2D eigenvalue weighted by atomic mass is 10.0. The zero-order valence-corrected chi connectivity index (χ0v) is 9.95. The van der Waals surface area contributed by atoms with Crippen LogP contribution in [-0.2, 0) is 9.53 Å². The summed E-state index contributed by atoms with van der Waals surface area (Å²) in [5.74, 6) is -0.650. The Hall–Kier alpha value is -1.35. The Bertz CT molecular complexity index is 401. The minimum Gasteiger partial charge on any atom is -0.465 e. The summed E-state index contributed by atoms with van der Waals surface area (Å²) in [6.07, 6.45) is 0. The number of ether oxygens (including phenoxy) is 1. The Balaban J connectivity index is 3.03. The number of ketones is 1. The molecule has 0 aromatic heterocycles. The molecular formula is C12H13ClO3. The summed E-state index contributed by atoms with van der Waals surface area (Å²) >= 11 is 5.96. The first-order valence-corrected chi connectivity index (χ1v) is 5.42. The Morgan fingerprint density at radius 3 is 2.56 bits per heavy atom. The van der Waals surface area contributed by atoms with Gasteiger partial charge in [-0.25, -0.2) is 0 Å². The zero-order valence-electron chi connectivity index (χ0n) is 9.20. The van der Waals surface area contributed by atoms with Crippen LogP contribution in [0.15, 0.2) is 24.3 Å². The van der Waals surface area contributed by atoms with E-state index in [1.165, 1.54) is 6.92 Å². The topological polar surface area (TPSA) is 43.4 Å². The van der Waals surface area contributed by atoms with Gasteiger partial charge in [-0.05, 0) is 19.4 Å². The summed E-state index contributed by atoms with van der Waals surface area (Å²) in [6, 6.07) is 6.77. The molecule has 0 fully saturated rings. The molecule has 3 nitrogen and oxygen atoms in total. The Morgan fingerprint density at radius 2 is 2.00 bits per heavy atom. The number of carbonyl (C=O) groups excluding carboxylic acids is 2. The Labute approximate surface area is 99.4 Å². The van der Waals surface area contributed by atoms with Gasteiger partial charge in [-0.15, -0.1) is 11.6 Å². The molecule has 86 valence electrons. The number of hydrogen-bond acceptors (Lipinski definition) is 3. The second-order valence-corrected chi connectivity index (χ2v) is 3.69. The Morgan fingerprint density at radius 1 is 1.38 bits per heavy atom. The second-order valence-electron chi connectivity index (χ2n) is 3.26. The summed E-state index contributed by atoms with van der Waals surface area (Å²) in [5.41, 5.74) is 0.950. The van der Waals surface area contributed by atoms with E-state index in [2.05, 4.69) is 0 Å². The van der Waals surface area contributed by atoms with Crippen molar-refractivity contribution >= 4 is 23.4 Å². The molecule has 0 aliphatic rings. The van der Waals surface area contributed by atoms with Gasteiger partial charge < -0.3 is 4.74 Å². The van der Waals surface area contributed by atoms with Crippen LogP contribution in [0, 0.1) is 0 Å². The molecule has 0 N–H and O–H groups in total. The summed E-state index contributed by atoms with van der Waals surface area (Å²) in [5, 5.41) is -0.931. The molecule has 0 spiro atoms. The number of Topliss-reactive ketones (excluding diaryl/α,β-unsaturated/α-hetero) is 1. The van der Waals surface area contributed by atoms with Gasteiger partial charge in [-0.2, -0.15) is 0 Å². The fourth-order valence-corrected chi connectivity index (χ4v) is 1.63. The molecule has 4 heteroatoms. The highest BCUT2D eigenvalue weighted by atomic mass is 35.5. The normalized spacial score (nSPS) is 11.9. The molecule has 0 bridgehead atoms. The average molecular weight is 241 g/mol. The number of benzene rings is 1. The lowest BCUT2D eigenvalue weighted by molar-refractivity contribution is -0.142. The van der Waals surface area contributed by atoms with Crippen LogP contribution in [0.1, 0.15) is 35.1 Å². The van der Waals surface area contributed by atoms with Crippen LogP contribution in [0.5, 0.6) is 0 Å². The fraction of sp³-hybridized carbons (Fsp3) is 0.333. The first kappa shape index (κ1) is 12.7. The lowest BCUT2D eigenvalue weighted by Gasteiger charge is -2.11. The molecule has 1 unspecified atom stereocenters. The third kappa shape index (κ3) is 2.83. The molecule has 0 amide bonds. The van der Waals surface area contributed by atoms with Gasteiger partial charge >= 0.3 is 5.97 Å². The van der Waals surface area contributed by atoms with Crippen LogP contribution < -0.4 is 0 Å². The first-order chi connectivity index (χ1) is 7.57. The predicted octanol–water partition coefficient (Wildman–Crippen LogP) is 2.73. The van der Waals surface area contributed by atoms with E-state index in [0.29, 0.717) is 11.1 Å². The molecule has 0 aliphatic heterocycles. The molecule has 1 aromatic rings. The summed E-state index contributed by atoms with van der Waals surface area (Å²) in [7, 11) is 0. The molecule has 0 aliphatic carbocycles. The van der Waals surface area contributed by atoms with Crippen LogP contribution in [0.3, 0.4) is 0 Å². The molecule has 0 saturated heterocycles. The van der Waals surface area contributed by atoms with Crippen molar-refractivity contribution in [2.45, 2.75) is 19.2 Å². The minimum absolute atomic E-state index is 0.120. The maximum Gasteiger partial charge on any atom is 0.328 e. The van der Waals surface area contributed by atoms with Crippen LogP contribution in [0.4, 0.5) is 0 Å². The van der Waals surface area contributed by atoms with Gasteiger partial charge in [0.2, 0.25) is 0 Å². The van der Waals surface area contributed by atoms with Crippen molar-refractivity contribution in [2.75, 3.05) is 6.61 Å². The van der Waals surface area contributed by atoms with Crippen molar-refractivity contribution in [1.82, 2.24) is 0 Å². The van der Waals surface area contributed by atoms with E-state index in [9.17, 15) is 9.59 Å². The average Bonchev–Trinajstić information content (AvgIpc) is 2.28. The molecule has 1 aromatic carbocycles. The van der Waals surface area contributed by atoms with Crippen molar-refractivity contribution in [3.63, 3.8) is 0 Å². The highest BCUT2D eigenvalue weighted by molar-refractivity contribution is 6.30. The summed E-state index contributed by atoms with van der Waals surface area (Å²) in [4.78, 5) is 22.8. The van der Waals surface area contributed by atoms with Gasteiger partial charge in [0.15, 0.2) is 11.2 Å². The van der Waals surface area contributed by atoms with Crippen LogP contribution in [0.25, 0.3) is 0 Å². The third-order valence-electron chi connectivity index (χ3n) is 2.11. The van der Waals surface area contributed by atoms with E-state index in [-0.39, 0.29) is 12.4 Å². The second kappa shape index (κ2) is 5.66. The van der Waals surface area contributed by atoms with Crippen LogP contribution in [0.2, 0.25) is 0 Å². The van der Waals surface area contributed by atoms with Crippen molar-refractivity contribution in [2.24, 2.45) is 0 Å².